The minimum absolute atomic E-state index is 0.00140. The first-order valence-electron chi connectivity index (χ1n) is 9.54. The average molecular weight is 407 g/mol. The van der Waals surface area contributed by atoms with Gasteiger partial charge in [0, 0.05) is 48.5 Å². The van der Waals surface area contributed by atoms with E-state index in [0.29, 0.717) is 24.2 Å². The molecule has 1 heterocycles. The Hall–Kier alpha value is -3.65. The number of non-ortho nitro benzene ring substituents is 2. The van der Waals surface area contributed by atoms with Crippen molar-refractivity contribution < 1.29 is 14.6 Å². The second kappa shape index (κ2) is 9.23. The summed E-state index contributed by atoms with van der Waals surface area (Å²) in [5, 5.41) is 21.7. The van der Waals surface area contributed by atoms with Crippen LogP contribution in [0.25, 0.3) is 12.2 Å². The van der Waals surface area contributed by atoms with Gasteiger partial charge in [0.15, 0.2) is 5.78 Å². The number of benzene rings is 2. The van der Waals surface area contributed by atoms with Gasteiger partial charge in [-0.15, -0.1) is 0 Å². The lowest BCUT2D eigenvalue weighted by molar-refractivity contribution is -0.385. The number of carbonyl (C=O) groups is 1. The maximum atomic E-state index is 13.1. The first kappa shape index (κ1) is 21.1. The van der Waals surface area contributed by atoms with Gasteiger partial charge in [-0.2, -0.15) is 0 Å². The quantitative estimate of drug-likeness (QED) is 0.402. The molecular weight excluding hydrogens is 386 g/mol. The number of rotatable bonds is 6. The molecule has 0 amide bonds. The van der Waals surface area contributed by atoms with Crippen LogP contribution in [0.2, 0.25) is 0 Å². The Morgan fingerprint density at radius 2 is 1.23 bits per heavy atom. The van der Waals surface area contributed by atoms with Crippen LogP contribution in [0.3, 0.4) is 0 Å². The van der Waals surface area contributed by atoms with Gasteiger partial charge in [0.25, 0.3) is 11.4 Å². The van der Waals surface area contributed by atoms with Gasteiger partial charge in [0.05, 0.1) is 9.85 Å². The highest BCUT2D eigenvalue weighted by atomic mass is 16.6. The van der Waals surface area contributed by atoms with Crippen molar-refractivity contribution in [3.8, 4) is 0 Å². The highest BCUT2D eigenvalue weighted by Gasteiger charge is 2.25. The van der Waals surface area contributed by atoms with Gasteiger partial charge >= 0.3 is 0 Å². The lowest BCUT2D eigenvalue weighted by Gasteiger charge is -2.29. The normalized spacial score (nSPS) is 17.4. The summed E-state index contributed by atoms with van der Waals surface area (Å²) in [5.74, 6) is -0.0842. The SMILES string of the molecule is CCCN1C/C(=C\c2ccc([N+](=O)[O-])cc2)C(=O)/C(=C/c2ccc([N+](=O)[O-])cc2)C1. The number of carbonyl (C=O) groups excluding carboxylic acids is 1. The molecule has 0 saturated carbocycles. The number of hydrogen-bond acceptors (Lipinski definition) is 6. The third-order valence-corrected chi connectivity index (χ3v) is 4.80. The van der Waals surface area contributed by atoms with Crippen LogP contribution in [0, 0.1) is 20.2 Å². The number of ketones is 1. The van der Waals surface area contributed by atoms with Crippen LogP contribution in [0.5, 0.6) is 0 Å². The Bertz CT molecular complexity index is 944. The number of nitrogens with zero attached hydrogens (tertiary/aromatic N) is 3. The molecule has 0 atom stereocenters. The molecule has 1 fully saturated rings. The predicted octanol–water partition coefficient (Wildman–Crippen LogP) is 4.26. The molecule has 8 heteroatoms. The monoisotopic (exact) mass is 407 g/mol. The van der Waals surface area contributed by atoms with Gasteiger partial charge < -0.3 is 0 Å². The minimum atomic E-state index is -0.462. The molecule has 2 aromatic carbocycles. The highest BCUT2D eigenvalue weighted by Crippen LogP contribution is 2.24. The Balaban J connectivity index is 1.91. The van der Waals surface area contributed by atoms with E-state index in [1.54, 1.807) is 36.4 Å². The van der Waals surface area contributed by atoms with Crippen molar-refractivity contribution in [2.45, 2.75) is 13.3 Å². The topological polar surface area (TPSA) is 107 Å². The summed E-state index contributed by atoms with van der Waals surface area (Å²) in [7, 11) is 0. The molecule has 0 spiro atoms. The zero-order valence-corrected chi connectivity index (χ0v) is 16.5. The molecule has 3 rings (SSSR count). The van der Waals surface area contributed by atoms with Crippen molar-refractivity contribution in [1.82, 2.24) is 4.90 Å². The molecule has 0 aromatic heterocycles. The van der Waals surface area contributed by atoms with Crippen molar-refractivity contribution in [2.75, 3.05) is 19.6 Å². The van der Waals surface area contributed by atoms with Gasteiger partial charge in [-0.25, -0.2) is 0 Å². The molecule has 8 nitrogen and oxygen atoms in total. The largest absolute Gasteiger partial charge is 0.295 e. The number of hydrogen-bond donors (Lipinski definition) is 0. The molecular formula is C22H21N3O5. The van der Waals surface area contributed by atoms with Gasteiger partial charge in [-0.3, -0.25) is 29.9 Å². The minimum Gasteiger partial charge on any atom is -0.295 e. The number of piperidine rings is 1. The molecule has 1 aliphatic rings. The van der Waals surface area contributed by atoms with E-state index < -0.39 is 9.85 Å². The first-order chi connectivity index (χ1) is 14.4. The van der Waals surface area contributed by atoms with E-state index in [-0.39, 0.29) is 17.2 Å². The third-order valence-electron chi connectivity index (χ3n) is 4.80. The molecule has 0 aliphatic carbocycles. The van der Waals surface area contributed by atoms with E-state index in [0.717, 1.165) is 24.1 Å². The number of nitro groups is 2. The number of nitro benzene ring substituents is 2. The van der Waals surface area contributed by atoms with E-state index in [2.05, 4.69) is 11.8 Å². The van der Waals surface area contributed by atoms with Crippen LogP contribution in [-0.2, 0) is 4.79 Å². The van der Waals surface area contributed by atoms with Gasteiger partial charge in [-0.05, 0) is 60.5 Å². The second-order valence-corrected chi connectivity index (χ2v) is 7.08. The van der Waals surface area contributed by atoms with Crippen LogP contribution in [-0.4, -0.2) is 40.2 Å². The molecule has 0 radical (unpaired) electrons. The zero-order chi connectivity index (χ0) is 21.7. The molecule has 0 N–H and O–H groups in total. The van der Waals surface area contributed by atoms with Crippen molar-refractivity contribution in [2.24, 2.45) is 0 Å². The fourth-order valence-corrected chi connectivity index (χ4v) is 3.37. The number of Topliss-reactive ketones (excluding diaryl/α,β-unsaturated/α-hetero) is 1. The lowest BCUT2D eigenvalue weighted by atomic mass is 9.94. The highest BCUT2D eigenvalue weighted by molar-refractivity contribution is 6.14. The molecule has 0 unspecified atom stereocenters. The van der Waals surface area contributed by atoms with E-state index in [9.17, 15) is 25.0 Å². The summed E-state index contributed by atoms with van der Waals surface area (Å²) in [6.07, 6.45) is 4.46. The van der Waals surface area contributed by atoms with Crippen molar-refractivity contribution in [3.05, 3.63) is 91.0 Å². The van der Waals surface area contributed by atoms with Crippen molar-refractivity contribution in [1.29, 1.82) is 0 Å². The Kier molecular flexibility index (Phi) is 6.48. The van der Waals surface area contributed by atoms with Gasteiger partial charge in [0.1, 0.15) is 0 Å². The third kappa shape index (κ3) is 5.03. The molecule has 0 bridgehead atoms. The van der Waals surface area contributed by atoms with Crippen LogP contribution in [0.4, 0.5) is 11.4 Å². The Morgan fingerprint density at radius 1 is 0.833 bits per heavy atom. The predicted molar refractivity (Wildman–Crippen MR) is 114 cm³/mol. The maximum absolute atomic E-state index is 13.1. The maximum Gasteiger partial charge on any atom is 0.269 e. The fourth-order valence-electron chi connectivity index (χ4n) is 3.37. The van der Waals surface area contributed by atoms with E-state index in [4.69, 9.17) is 0 Å². The van der Waals surface area contributed by atoms with Crippen LogP contribution in [0.15, 0.2) is 59.7 Å². The Labute approximate surface area is 173 Å². The standard InChI is InChI=1S/C22H21N3O5/c1-2-11-23-14-18(12-16-3-7-20(8-4-16)24(27)28)22(26)19(15-23)13-17-5-9-21(10-6-17)25(29)30/h3-10,12-13H,2,11,14-15H2,1H3/b18-12+,19-13+. The molecule has 2 aromatic rings. The fraction of sp³-hybridized carbons (Fsp3) is 0.227. The summed E-state index contributed by atoms with van der Waals surface area (Å²) in [5.41, 5.74) is 2.65. The average Bonchev–Trinajstić information content (AvgIpc) is 2.72. The van der Waals surface area contributed by atoms with E-state index >= 15 is 0 Å². The van der Waals surface area contributed by atoms with Crippen molar-refractivity contribution >= 4 is 29.3 Å². The second-order valence-electron chi connectivity index (χ2n) is 7.08. The number of likely N-dealkylation sites (tertiary alicyclic amines) is 1. The van der Waals surface area contributed by atoms with Crippen molar-refractivity contribution in [3.63, 3.8) is 0 Å². The molecule has 30 heavy (non-hydrogen) atoms. The smallest absolute Gasteiger partial charge is 0.269 e. The van der Waals surface area contributed by atoms with E-state index in [1.165, 1.54) is 24.3 Å². The first-order valence-corrected chi connectivity index (χ1v) is 9.54. The summed E-state index contributed by atoms with van der Waals surface area (Å²) in [4.78, 5) is 36.0. The van der Waals surface area contributed by atoms with Crippen LogP contribution >= 0.6 is 0 Å². The van der Waals surface area contributed by atoms with Gasteiger partial charge in [-0.1, -0.05) is 6.92 Å². The van der Waals surface area contributed by atoms with Gasteiger partial charge in [0.2, 0.25) is 0 Å². The molecule has 1 saturated heterocycles. The summed E-state index contributed by atoms with van der Waals surface area (Å²) < 4.78 is 0. The summed E-state index contributed by atoms with van der Waals surface area (Å²) in [6, 6.07) is 12.1. The molecule has 1 aliphatic heterocycles. The summed E-state index contributed by atoms with van der Waals surface area (Å²) in [6.45, 7) is 3.89. The lowest BCUT2D eigenvalue weighted by Crippen LogP contribution is -2.38. The van der Waals surface area contributed by atoms with Crippen LogP contribution < -0.4 is 0 Å². The van der Waals surface area contributed by atoms with Crippen LogP contribution in [0.1, 0.15) is 24.5 Å². The molecule has 154 valence electrons. The van der Waals surface area contributed by atoms with E-state index in [1.807, 2.05) is 0 Å². The summed E-state index contributed by atoms with van der Waals surface area (Å²) >= 11 is 0. The zero-order valence-electron chi connectivity index (χ0n) is 16.5. The Morgan fingerprint density at radius 3 is 1.57 bits per heavy atom.